The average Bonchev–Trinajstić information content (AvgIpc) is 2.95. The van der Waals surface area contributed by atoms with Crippen LogP contribution in [0.15, 0.2) is 24.3 Å². The number of nitrogens with one attached hydrogen (secondary N) is 2. The number of anilines is 1. The number of benzene rings is 1. The van der Waals surface area contributed by atoms with Crippen molar-refractivity contribution < 1.29 is 19.1 Å². The monoisotopic (exact) mass is 363 g/mol. The smallest absolute Gasteiger partial charge is 0.315 e. The number of rotatable bonds is 9. The van der Waals surface area contributed by atoms with E-state index >= 15 is 0 Å². The van der Waals surface area contributed by atoms with Gasteiger partial charge in [-0.25, -0.2) is 4.79 Å². The van der Waals surface area contributed by atoms with Gasteiger partial charge in [0.2, 0.25) is 5.91 Å². The molecule has 144 valence electrons. The van der Waals surface area contributed by atoms with E-state index in [-0.39, 0.29) is 24.1 Å². The zero-order valence-electron chi connectivity index (χ0n) is 15.8. The summed E-state index contributed by atoms with van der Waals surface area (Å²) in [6, 6.07) is 6.97. The van der Waals surface area contributed by atoms with Gasteiger partial charge in [-0.15, -0.1) is 0 Å². The molecule has 0 aromatic heterocycles. The van der Waals surface area contributed by atoms with Gasteiger partial charge < -0.3 is 25.0 Å². The maximum absolute atomic E-state index is 12.2. The number of nitrogens with zero attached hydrogens (tertiary/aromatic N) is 1. The SMILES string of the molecule is CCOc1ccc(N2C[C@H](NC(=O)NCCCOC(C)C)CC2=O)cc1. The van der Waals surface area contributed by atoms with Gasteiger partial charge in [0.25, 0.3) is 0 Å². The standard InChI is InChI=1S/C19H29N3O4/c1-4-25-17-8-6-16(7-9-17)22-13-15(12-18(22)23)21-19(24)20-10-5-11-26-14(2)3/h6-9,14-15H,4-5,10-13H2,1-3H3,(H2,20,21,24)/t15-/m1/s1. The highest BCUT2D eigenvalue weighted by molar-refractivity contribution is 5.96. The molecular weight excluding hydrogens is 334 g/mol. The van der Waals surface area contributed by atoms with Gasteiger partial charge in [0, 0.05) is 31.8 Å². The Morgan fingerprint density at radius 2 is 2.04 bits per heavy atom. The first-order chi connectivity index (χ1) is 12.5. The lowest BCUT2D eigenvalue weighted by Gasteiger charge is -2.18. The quantitative estimate of drug-likeness (QED) is 0.660. The molecule has 0 bridgehead atoms. The van der Waals surface area contributed by atoms with Gasteiger partial charge in [0.15, 0.2) is 0 Å². The Bertz CT molecular complexity index is 589. The number of amides is 3. The van der Waals surface area contributed by atoms with Crippen LogP contribution in [-0.4, -0.2) is 50.4 Å². The molecule has 0 radical (unpaired) electrons. The van der Waals surface area contributed by atoms with Crippen molar-refractivity contribution in [3.63, 3.8) is 0 Å². The van der Waals surface area contributed by atoms with Gasteiger partial charge in [-0.05, 0) is 51.5 Å². The molecule has 2 N–H and O–H groups in total. The zero-order valence-corrected chi connectivity index (χ0v) is 15.8. The van der Waals surface area contributed by atoms with Gasteiger partial charge in [-0.3, -0.25) is 4.79 Å². The van der Waals surface area contributed by atoms with Crippen LogP contribution in [0.3, 0.4) is 0 Å². The Morgan fingerprint density at radius 3 is 2.69 bits per heavy atom. The molecule has 7 nitrogen and oxygen atoms in total. The fraction of sp³-hybridized carbons (Fsp3) is 0.579. The first kappa shape index (κ1) is 20.0. The van der Waals surface area contributed by atoms with Gasteiger partial charge >= 0.3 is 6.03 Å². The van der Waals surface area contributed by atoms with Crippen molar-refractivity contribution in [1.29, 1.82) is 0 Å². The lowest BCUT2D eigenvalue weighted by molar-refractivity contribution is -0.117. The van der Waals surface area contributed by atoms with Crippen LogP contribution >= 0.6 is 0 Å². The summed E-state index contributed by atoms with van der Waals surface area (Å²) in [5.41, 5.74) is 0.814. The van der Waals surface area contributed by atoms with Crippen molar-refractivity contribution in [2.75, 3.05) is 31.2 Å². The molecule has 1 aliphatic heterocycles. The molecule has 3 amide bonds. The Kier molecular flexibility index (Phi) is 7.72. The van der Waals surface area contributed by atoms with E-state index in [1.165, 1.54) is 0 Å². The van der Waals surface area contributed by atoms with Crippen LogP contribution in [0.4, 0.5) is 10.5 Å². The van der Waals surface area contributed by atoms with Gasteiger partial charge in [0.05, 0.1) is 18.8 Å². The predicted molar refractivity (Wildman–Crippen MR) is 101 cm³/mol. The van der Waals surface area contributed by atoms with E-state index in [4.69, 9.17) is 9.47 Å². The molecule has 1 atom stereocenters. The zero-order chi connectivity index (χ0) is 18.9. The van der Waals surface area contributed by atoms with E-state index in [2.05, 4.69) is 10.6 Å². The maximum atomic E-state index is 12.2. The van der Waals surface area contributed by atoms with Crippen molar-refractivity contribution in [2.24, 2.45) is 0 Å². The number of carbonyl (C=O) groups is 2. The Balaban J connectivity index is 1.75. The van der Waals surface area contributed by atoms with E-state index < -0.39 is 0 Å². The van der Waals surface area contributed by atoms with E-state index in [0.717, 1.165) is 17.9 Å². The fourth-order valence-corrected chi connectivity index (χ4v) is 2.77. The molecule has 1 aromatic carbocycles. The Hall–Kier alpha value is -2.28. The van der Waals surface area contributed by atoms with Crippen molar-refractivity contribution in [3.05, 3.63) is 24.3 Å². The second-order valence-corrected chi connectivity index (χ2v) is 6.51. The number of hydrogen-bond donors (Lipinski definition) is 2. The first-order valence-electron chi connectivity index (χ1n) is 9.18. The third kappa shape index (κ3) is 6.22. The number of hydrogen-bond acceptors (Lipinski definition) is 4. The molecule has 1 aromatic rings. The van der Waals surface area contributed by atoms with Crippen molar-refractivity contribution >= 4 is 17.6 Å². The number of carbonyl (C=O) groups excluding carboxylic acids is 2. The summed E-state index contributed by atoms with van der Waals surface area (Å²) in [6.07, 6.45) is 1.26. The van der Waals surface area contributed by atoms with Crippen molar-refractivity contribution in [1.82, 2.24) is 10.6 Å². The van der Waals surface area contributed by atoms with Gasteiger partial charge in [0.1, 0.15) is 5.75 Å². The maximum Gasteiger partial charge on any atom is 0.315 e. The fourth-order valence-electron chi connectivity index (χ4n) is 2.77. The third-order valence-electron chi connectivity index (χ3n) is 3.98. The molecule has 26 heavy (non-hydrogen) atoms. The van der Waals surface area contributed by atoms with E-state index in [9.17, 15) is 9.59 Å². The summed E-state index contributed by atoms with van der Waals surface area (Å²) >= 11 is 0. The molecule has 0 spiro atoms. The average molecular weight is 363 g/mol. The molecule has 0 unspecified atom stereocenters. The highest BCUT2D eigenvalue weighted by Crippen LogP contribution is 2.24. The van der Waals surface area contributed by atoms with Crippen LogP contribution in [0.5, 0.6) is 5.75 Å². The number of ether oxygens (including phenoxy) is 2. The predicted octanol–water partition coefficient (Wildman–Crippen LogP) is 2.30. The van der Waals surface area contributed by atoms with E-state index in [0.29, 0.717) is 32.7 Å². The summed E-state index contributed by atoms with van der Waals surface area (Å²) in [5.74, 6) is 0.781. The molecular formula is C19H29N3O4. The summed E-state index contributed by atoms with van der Waals surface area (Å²) in [5, 5.41) is 5.66. The van der Waals surface area contributed by atoms with Crippen molar-refractivity contribution in [2.45, 2.75) is 45.8 Å². The first-order valence-corrected chi connectivity index (χ1v) is 9.18. The largest absolute Gasteiger partial charge is 0.494 e. The van der Waals surface area contributed by atoms with E-state index in [1.54, 1.807) is 4.90 Å². The second-order valence-electron chi connectivity index (χ2n) is 6.51. The third-order valence-corrected chi connectivity index (χ3v) is 3.98. The minimum atomic E-state index is -0.249. The van der Waals surface area contributed by atoms with E-state index in [1.807, 2.05) is 45.0 Å². The van der Waals surface area contributed by atoms with Crippen LogP contribution in [0.25, 0.3) is 0 Å². The summed E-state index contributed by atoms with van der Waals surface area (Å²) in [6.45, 7) is 8.12. The van der Waals surface area contributed by atoms with Crippen LogP contribution in [-0.2, 0) is 9.53 Å². The second kappa shape index (κ2) is 10.0. The summed E-state index contributed by atoms with van der Waals surface area (Å²) in [7, 11) is 0. The van der Waals surface area contributed by atoms with Crippen LogP contribution in [0.1, 0.15) is 33.6 Å². The molecule has 1 saturated heterocycles. The Labute approximate surface area is 155 Å². The number of urea groups is 1. The van der Waals surface area contributed by atoms with Gasteiger partial charge in [-0.1, -0.05) is 0 Å². The molecule has 1 aliphatic rings. The molecule has 7 heteroatoms. The topological polar surface area (TPSA) is 79.9 Å². The normalized spacial score (nSPS) is 16.8. The Morgan fingerprint density at radius 1 is 1.31 bits per heavy atom. The molecule has 0 aliphatic carbocycles. The molecule has 1 heterocycles. The van der Waals surface area contributed by atoms with Gasteiger partial charge in [-0.2, -0.15) is 0 Å². The summed E-state index contributed by atoms with van der Waals surface area (Å²) < 4.78 is 10.8. The van der Waals surface area contributed by atoms with Crippen LogP contribution < -0.4 is 20.3 Å². The minimum absolute atomic E-state index is 0.00444. The lowest BCUT2D eigenvalue weighted by atomic mass is 10.2. The highest BCUT2D eigenvalue weighted by Gasteiger charge is 2.31. The molecule has 0 saturated carbocycles. The molecule has 2 rings (SSSR count). The minimum Gasteiger partial charge on any atom is -0.494 e. The molecule has 1 fully saturated rings. The van der Waals surface area contributed by atoms with Crippen molar-refractivity contribution in [3.8, 4) is 5.75 Å². The highest BCUT2D eigenvalue weighted by atomic mass is 16.5. The van der Waals surface area contributed by atoms with Crippen LogP contribution in [0, 0.1) is 0 Å². The van der Waals surface area contributed by atoms with Crippen LogP contribution in [0.2, 0.25) is 0 Å². The lowest BCUT2D eigenvalue weighted by Crippen LogP contribution is -2.43. The summed E-state index contributed by atoms with van der Waals surface area (Å²) in [4.78, 5) is 25.9.